The van der Waals surface area contributed by atoms with E-state index < -0.39 is 16.4 Å². The number of hydrogen-bond acceptors (Lipinski definition) is 1. The minimum absolute atomic E-state index is 0.392. The normalized spacial score (nSPS) is 16.4. The smallest absolute Gasteiger partial charge is 0.241 e. The van der Waals surface area contributed by atoms with Gasteiger partial charge in [-0.3, -0.25) is 0 Å². The van der Waals surface area contributed by atoms with Gasteiger partial charge in [0, 0.05) is 5.54 Å². The standard InChI is InChI=1S/C19H42OSi2/c1-13-17(20-21(8,9)10)18(14-15(2)3)22(11,12)19(6,7)16(4)5/h13,15-16,18H,14H2,1-12H3/b17-13-. The Bertz CT molecular complexity index is 373. The van der Waals surface area contributed by atoms with E-state index in [1.165, 1.54) is 12.2 Å². The van der Waals surface area contributed by atoms with Gasteiger partial charge in [-0.2, -0.15) is 0 Å². The van der Waals surface area contributed by atoms with Crippen LogP contribution in [0.2, 0.25) is 43.3 Å². The molecule has 0 heterocycles. The summed E-state index contributed by atoms with van der Waals surface area (Å²) in [6.07, 6.45) is 3.51. The average Bonchev–Trinajstić information content (AvgIpc) is 2.31. The van der Waals surface area contributed by atoms with Crippen molar-refractivity contribution < 1.29 is 4.43 Å². The molecule has 1 unspecified atom stereocenters. The van der Waals surface area contributed by atoms with E-state index in [2.05, 4.69) is 87.3 Å². The average molecular weight is 343 g/mol. The molecular weight excluding hydrogens is 300 g/mol. The van der Waals surface area contributed by atoms with Crippen molar-refractivity contribution in [2.75, 3.05) is 0 Å². The third kappa shape index (κ3) is 5.56. The third-order valence-electron chi connectivity index (χ3n) is 5.73. The first-order chi connectivity index (χ1) is 9.66. The van der Waals surface area contributed by atoms with Gasteiger partial charge in [-0.1, -0.05) is 60.7 Å². The molecular formula is C19H42OSi2. The van der Waals surface area contributed by atoms with Crippen LogP contribution in [0.5, 0.6) is 0 Å². The van der Waals surface area contributed by atoms with E-state index in [1.54, 1.807) is 0 Å². The predicted octanol–water partition coefficient (Wildman–Crippen LogP) is 7.30. The summed E-state index contributed by atoms with van der Waals surface area (Å²) in [4.78, 5) is 0. The predicted molar refractivity (Wildman–Crippen MR) is 108 cm³/mol. The Balaban J connectivity index is 5.81. The van der Waals surface area contributed by atoms with Gasteiger partial charge in [-0.15, -0.1) is 0 Å². The Kier molecular flexibility index (Phi) is 7.69. The maximum absolute atomic E-state index is 6.55. The molecule has 22 heavy (non-hydrogen) atoms. The molecule has 0 N–H and O–H groups in total. The molecule has 0 aliphatic heterocycles. The van der Waals surface area contributed by atoms with Gasteiger partial charge in [0.2, 0.25) is 8.32 Å². The molecule has 0 aromatic carbocycles. The lowest BCUT2D eigenvalue weighted by atomic mass is 9.99. The molecule has 3 heteroatoms. The van der Waals surface area contributed by atoms with Crippen molar-refractivity contribution in [2.45, 2.75) is 98.2 Å². The van der Waals surface area contributed by atoms with Crippen LogP contribution in [-0.4, -0.2) is 16.4 Å². The monoisotopic (exact) mass is 342 g/mol. The fourth-order valence-corrected chi connectivity index (χ4v) is 8.58. The van der Waals surface area contributed by atoms with Crippen molar-refractivity contribution in [1.29, 1.82) is 0 Å². The summed E-state index contributed by atoms with van der Waals surface area (Å²) in [5.74, 6) is 2.70. The van der Waals surface area contributed by atoms with Crippen LogP contribution >= 0.6 is 0 Å². The molecule has 0 aromatic heterocycles. The SMILES string of the molecule is C/C=C(\O[Si](C)(C)C)C(CC(C)C)[Si](C)(C)C(C)(C)C(C)C. The van der Waals surface area contributed by atoms with E-state index >= 15 is 0 Å². The van der Waals surface area contributed by atoms with E-state index in [0.717, 1.165) is 0 Å². The first-order valence-corrected chi connectivity index (χ1v) is 15.5. The van der Waals surface area contributed by atoms with E-state index in [9.17, 15) is 0 Å². The first-order valence-electron chi connectivity index (χ1n) is 9.02. The Hall–Kier alpha value is -0.0262. The van der Waals surface area contributed by atoms with Crippen molar-refractivity contribution in [3.05, 3.63) is 11.8 Å². The van der Waals surface area contributed by atoms with Gasteiger partial charge in [0.1, 0.15) is 0 Å². The molecule has 0 rings (SSSR count). The zero-order valence-corrected chi connectivity index (χ0v) is 19.4. The summed E-state index contributed by atoms with van der Waals surface area (Å²) in [5, 5.41) is 0.392. The first kappa shape index (κ1) is 22.0. The van der Waals surface area contributed by atoms with E-state index in [4.69, 9.17) is 4.43 Å². The Morgan fingerprint density at radius 3 is 1.73 bits per heavy atom. The largest absolute Gasteiger partial charge is 0.548 e. The maximum atomic E-state index is 6.55. The molecule has 0 radical (unpaired) electrons. The van der Waals surface area contributed by atoms with Crippen LogP contribution in [0.4, 0.5) is 0 Å². The van der Waals surface area contributed by atoms with Gasteiger partial charge in [0.25, 0.3) is 0 Å². The van der Waals surface area contributed by atoms with Crippen molar-refractivity contribution in [2.24, 2.45) is 11.8 Å². The molecule has 0 spiro atoms. The quantitative estimate of drug-likeness (QED) is 0.332. The summed E-state index contributed by atoms with van der Waals surface area (Å²) in [6, 6.07) is 0. The van der Waals surface area contributed by atoms with Crippen LogP contribution < -0.4 is 0 Å². The molecule has 1 atom stereocenters. The molecule has 0 saturated heterocycles. The Morgan fingerprint density at radius 2 is 1.45 bits per heavy atom. The highest BCUT2D eigenvalue weighted by Gasteiger charge is 2.48. The highest BCUT2D eigenvalue weighted by atomic mass is 28.4. The van der Waals surface area contributed by atoms with Gasteiger partial charge >= 0.3 is 0 Å². The van der Waals surface area contributed by atoms with Crippen LogP contribution in [-0.2, 0) is 4.43 Å². The highest BCUT2D eigenvalue weighted by molar-refractivity contribution is 6.82. The highest BCUT2D eigenvalue weighted by Crippen LogP contribution is 2.53. The fraction of sp³-hybridized carbons (Fsp3) is 0.895. The van der Waals surface area contributed by atoms with Crippen molar-refractivity contribution in [1.82, 2.24) is 0 Å². The summed E-state index contributed by atoms with van der Waals surface area (Å²) < 4.78 is 6.55. The summed E-state index contributed by atoms with van der Waals surface area (Å²) >= 11 is 0. The lowest BCUT2D eigenvalue weighted by Crippen LogP contribution is -2.48. The van der Waals surface area contributed by atoms with Crippen molar-refractivity contribution >= 4 is 16.4 Å². The Labute approximate surface area is 143 Å². The molecule has 0 fully saturated rings. The molecule has 0 saturated carbocycles. The molecule has 0 aliphatic rings. The second-order valence-electron chi connectivity index (χ2n) is 9.69. The number of allylic oxidation sites excluding steroid dienone is 2. The van der Waals surface area contributed by atoms with Crippen LogP contribution in [0.3, 0.4) is 0 Å². The van der Waals surface area contributed by atoms with E-state index in [0.29, 0.717) is 22.4 Å². The summed E-state index contributed by atoms with van der Waals surface area (Å²) in [6.45, 7) is 28.7. The minimum Gasteiger partial charge on any atom is -0.548 e. The molecule has 0 aromatic rings. The zero-order valence-electron chi connectivity index (χ0n) is 17.4. The van der Waals surface area contributed by atoms with E-state index in [-0.39, 0.29) is 0 Å². The van der Waals surface area contributed by atoms with Gasteiger partial charge < -0.3 is 4.43 Å². The minimum atomic E-state index is -1.57. The molecule has 132 valence electrons. The number of hydrogen-bond donors (Lipinski definition) is 0. The van der Waals surface area contributed by atoms with Crippen LogP contribution in [0.1, 0.15) is 54.9 Å². The van der Waals surface area contributed by atoms with Gasteiger partial charge in [-0.05, 0) is 49.9 Å². The van der Waals surface area contributed by atoms with E-state index in [1.807, 2.05) is 0 Å². The second-order valence-corrected chi connectivity index (χ2v) is 19.5. The van der Waals surface area contributed by atoms with Crippen molar-refractivity contribution in [3.63, 3.8) is 0 Å². The topological polar surface area (TPSA) is 9.23 Å². The second kappa shape index (κ2) is 7.70. The summed E-state index contributed by atoms with van der Waals surface area (Å²) in [5.41, 5.74) is 0.613. The maximum Gasteiger partial charge on any atom is 0.241 e. The molecule has 0 amide bonds. The van der Waals surface area contributed by atoms with Crippen molar-refractivity contribution in [3.8, 4) is 0 Å². The fourth-order valence-electron chi connectivity index (χ4n) is 3.12. The van der Waals surface area contributed by atoms with Gasteiger partial charge in [0.15, 0.2) is 0 Å². The lowest BCUT2D eigenvalue weighted by Gasteiger charge is -2.49. The molecule has 1 nitrogen and oxygen atoms in total. The van der Waals surface area contributed by atoms with Gasteiger partial charge in [0.05, 0.1) is 13.8 Å². The van der Waals surface area contributed by atoms with Crippen LogP contribution in [0, 0.1) is 11.8 Å². The van der Waals surface area contributed by atoms with Crippen LogP contribution in [0.25, 0.3) is 0 Å². The Morgan fingerprint density at radius 1 is 1.00 bits per heavy atom. The number of rotatable bonds is 8. The third-order valence-corrected chi connectivity index (χ3v) is 12.7. The molecule has 0 aliphatic carbocycles. The summed E-state index contributed by atoms with van der Waals surface area (Å²) in [7, 11) is -3.11. The van der Waals surface area contributed by atoms with Gasteiger partial charge in [-0.25, -0.2) is 0 Å². The van der Waals surface area contributed by atoms with Crippen LogP contribution in [0.15, 0.2) is 11.8 Å². The molecule has 0 bridgehead atoms. The lowest BCUT2D eigenvalue weighted by molar-refractivity contribution is 0.364. The zero-order chi connectivity index (χ0) is 17.9.